The van der Waals surface area contributed by atoms with Crippen molar-refractivity contribution in [2.45, 2.75) is 45.3 Å². The first-order chi connectivity index (χ1) is 9.56. The van der Waals surface area contributed by atoms with Crippen LogP contribution in [0.15, 0.2) is 12.4 Å². The molecule has 5 nitrogen and oxygen atoms in total. The van der Waals surface area contributed by atoms with Crippen molar-refractivity contribution in [1.82, 2.24) is 19.6 Å². The van der Waals surface area contributed by atoms with Crippen LogP contribution in [0.5, 0.6) is 0 Å². The van der Waals surface area contributed by atoms with Crippen LogP contribution in [0.3, 0.4) is 0 Å². The number of piperazine rings is 1. The summed E-state index contributed by atoms with van der Waals surface area (Å²) in [5.41, 5.74) is 7.30. The maximum atomic E-state index is 6.05. The molecule has 1 saturated heterocycles. The Labute approximate surface area is 122 Å². The van der Waals surface area contributed by atoms with E-state index in [1.54, 1.807) is 0 Å². The summed E-state index contributed by atoms with van der Waals surface area (Å²) in [4.78, 5) is 4.98. The van der Waals surface area contributed by atoms with Gasteiger partial charge in [0.2, 0.25) is 0 Å². The predicted octanol–water partition coefficient (Wildman–Crippen LogP) is 1.49. The first-order valence-electron chi connectivity index (χ1n) is 7.75. The summed E-state index contributed by atoms with van der Waals surface area (Å²) in [6.07, 6.45) is 5.33. The highest BCUT2D eigenvalue weighted by molar-refractivity contribution is 5.12. The van der Waals surface area contributed by atoms with Gasteiger partial charge < -0.3 is 10.6 Å². The molecule has 1 aliphatic heterocycles. The Balaban J connectivity index is 2.11. The van der Waals surface area contributed by atoms with Crippen LogP contribution in [-0.2, 0) is 0 Å². The largest absolute Gasteiger partial charge is 0.329 e. The van der Waals surface area contributed by atoms with Crippen LogP contribution in [0.2, 0.25) is 0 Å². The van der Waals surface area contributed by atoms with Crippen molar-refractivity contribution in [3.63, 3.8) is 0 Å². The Kier molecular flexibility index (Phi) is 5.18. The minimum absolute atomic E-state index is 0.297. The SMILES string of the molecule is CCC1CN(C(CN)c2cnn(C(C)C)c2)CCN1C. The molecule has 0 saturated carbocycles. The Hall–Kier alpha value is -0.910. The van der Waals surface area contributed by atoms with Crippen LogP contribution in [-0.4, -0.2) is 58.8 Å². The van der Waals surface area contributed by atoms with Crippen molar-refractivity contribution >= 4 is 0 Å². The first kappa shape index (κ1) is 15.5. The third-order valence-corrected chi connectivity index (χ3v) is 4.48. The lowest BCUT2D eigenvalue weighted by atomic mass is 10.0. The summed E-state index contributed by atoms with van der Waals surface area (Å²) < 4.78 is 2.02. The Bertz CT molecular complexity index is 414. The van der Waals surface area contributed by atoms with Gasteiger partial charge in [0.25, 0.3) is 0 Å². The molecule has 1 aromatic heterocycles. The van der Waals surface area contributed by atoms with E-state index in [2.05, 4.69) is 48.9 Å². The van der Waals surface area contributed by atoms with Gasteiger partial charge in [0.05, 0.1) is 12.2 Å². The van der Waals surface area contributed by atoms with E-state index in [9.17, 15) is 0 Å². The number of likely N-dealkylation sites (N-methyl/N-ethyl adjacent to an activating group) is 1. The fourth-order valence-corrected chi connectivity index (χ4v) is 3.00. The van der Waals surface area contributed by atoms with Crippen LogP contribution in [0.1, 0.15) is 44.8 Å². The zero-order chi connectivity index (χ0) is 14.7. The van der Waals surface area contributed by atoms with Gasteiger partial charge in [-0.3, -0.25) is 9.58 Å². The number of hydrogen-bond donors (Lipinski definition) is 1. The molecule has 1 aromatic rings. The molecule has 0 spiro atoms. The molecule has 2 N–H and O–H groups in total. The lowest BCUT2D eigenvalue weighted by Crippen LogP contribution is -2.53. The molecule has 2 heterocycles. The third-order valence-electron chi connectivity index (χ3n) is 4.48. The highest BCUT2D eigenvalue weighted by Gasteiger charge is 2.28. The molecule has 0 amide bonds. The van der Waals surface area contributed by atoms with Crippen LogP contribution >= 0.6 is 0 Å². The second-order valence-electron chi connectivity index (χ2n) is 6.14. The van der Waals surface area contributed by atoms with Crippen LogP contribution in [0, 0.1) is 0 Å². The minimum atomic E-state index is 0.297. The van der Waals surface area contributed by atoms with E-state index < -0.39 is 0 Å². The topological polar surface area (TPSA) is 50.3 Å². The van der Waals surface area contributed by atoms with Gasteiger partial charge in [0.1, 0.15) is 0 Å². The molecule has 1 fully saturated rings. The van der Waals surface area contributed by atoms with E-state index in [1.807, 2.05) is 10.9 Å². The number of nitrogens with two attached hydrogens (primary N) is 1. The number of aromatic nitrogens is 2. The van der Waals surface area contributed by atoms with E-state index in [0.29, 0.717) is 24.7 Å². The van der Waals surface area contributed by atoms with Gasteiger partial charge in [-0.15, -0.1) is 0 Å². The van der Waals surface area contributed by atoms with Crippen molar-refractivity contribution < 1.29 is 0 Å². The van der Waals surface area contributed by atoms with Crippen LogP contribution < -0.4 is 5.73 Å². The van der Waals surface area contributed by atoms with Gasteiger partial charge >= 0.3 is 0 Å². The molecular weight excluding hydrogens is 250 g/mol. The molecule has 0 bridgehead atoms. The van der Waals surface area contributed by atoms with Gasteiger partial charge in [-0.05, 0) is 27.3 Å². The van der Waals surface area contributed by atoms with Crippen LogP contribution in [0.4, 0.5) is 0 Å². The van der Waals surface area contributed by atoms with Crippen molar-refractivity contribution in [1.29, 1.82) is 0 Å². The zero-order valence-corrected chi connectivity index (χ0v) is 13.3. The predicted molar refractivity (Wildman–Crippen MR) is 82.7 cm³/mol. The van der Waals surface area contributed by atoms with Gasteiger partial charge in [0, 0.05) is 50.0 Å². The maximum Gasteiger partial charge on any atom is 0.0538 e. The lowest BCUT2D eigenvalue weighted by Gasteiger charge is -2.42. The molecule has 0 aromatic carbocycles. The van der Waals surface area contributed by atoms with E-state index >= 15 is 0 Å². The highest BCUT2D eigenvalue weighted by atomic mass is 15.3. The highest BCUT2D eigenvalue weighted by Crippen LogP contribution is 2.24. The molecule has 114 valence electrons. The molecule has 2 rings (SSSR count). The summed E-state index contributed by atoms with van der Waals surface area (Å²) in [7, 11) is 2.22. The average Bonchev–Trinajstić information content (AvgIpc) is 2.91. The summed E-state index contributed by atoms with van der Waals surface area (Å²) >= 11 is 0. The molecule has 20 heavy (non-hydrogen) atoms. The van der Waals surface area contributed by atoms with E-state index in [1.165, 1.54) is 12.0 Å². The average molecular weight is 279 g/mol. The molecule has 2 atom stereocenters. The molecule has 0 aliphatic carbocycles. The van der Waals surface area contributed by atoms with Gasteiger partial charge in [-0.2, -0.15) is 5.10 Å². The quantitative estimate of drug-likeness (QED) is 0.887. The fraction of sp³-hybridized carbons (Fsp3) is 0.800. The Morgan fingerprint density at radius 1 is 1.40 bits per heavy atom. The monoisotopic (exact) mass is 279 g/mol. The van der Waals surface area contributed by atoms with Gasteiger partial charge in [0.15, 0.2) is 0 Å². The summed E-state index contributed by atoms with van der Waals surface area (Å²) in [5.74, 6) is 0. The fourth-order valence-electron chi connectivity index (χ4n) is 3.00. The smallest absolute Gasteiger partial charge is 0.0538 e. The molecule has 5 heteroatoms. The third kappa shape index (κ3) is 3.22. The van der Waals surface area contributed by atoms with E-state index in [4.69, 9.17) is 5.73 Å². The van der Waals surface area contributed by atoms with Crippen LogP contribution in [0.25, 0.3) is 0 Å². The summed E-state index contributed by atoms with van der Waals surface area (Å²) in [5, 5.41) is 4.46. The standard InChI is InChI=1S/C15H29N5/c1-5-14-11-19(7-6-18(14)4)15(8-16)13-9-17-20(10-13)12(2)3/h9-10,12,14-15H,5-8,11,16H2,1-4H3. The van der Waals surface area contributed by atoms with E-state index in [-0.39, 0.29) is 0 Å². The molecule has 1 aliphatic rings. The lowest BCUT2D eigenvalue weighted by molar-refractivity contribution is 0.0643. The second-order valence-corrected chi connectivity index (χ2v) is 6.14. The van der Waals surface area contributed by atoms with Gasteiger partial charge in [-0.25, -0.2) is 0 Å². The molecular formula is C15H29N5. The molecule has 2 unspecified atom stereocenters. The van der Waals surface area contributed by atoms with Gasteiger partial charge in [-0.1, -0.05) is 6.92 Å². The number of nitrogens with zero attached hydrogens (tertiary/aromatic N) is 4. The summed E-state index contributed by atoms with van der Waals surface area (Å²) in [6.45, 7) is 10.5. The van der Waals surface area contributed by atoms with Crippen molar-refractivity contribution in [3.8, 4) is 0 Å². The normalized spacial score (nSPS) is 23.4. The Morgan fingerprint density at radius 2 is 2.15 bits per heavy atom. The van der Waals surface area contributed by atoms with Crippen molar-refractivity contribution in [3.05, 3.63) is 18.0 Å². The number of rotatable bonds is 5. The van der Waals surface area contributed by atoms with E-state index in [0.717, 1.165) is 19.6 Å². The first-order valence-corrected chi connectivity index (χ1v) is 7.75. The summed E-state index contributed by atoms with van der Waals surface area (Å²) in [6, 6.07) is 1.33. The van der Waals surface area contributed by atoms with Crippen molar-refractivity contribution in [2.24, 2.45) is 5.73 Å². The second kappa shape index (κ2) is 6.70. The maximum absolute atomic E-state index is 6.05. The molecule has 0 radical (unpaired) electrons. The zero-order valence-electron chi connectivity index (χ0n) is 13.3. The minimum Gasteiger partial charge on any atom is -0.329 e. The van der Waals surface area contributed by atoms with Crippen molar-refractivity contribution in [2.75, 3.05) is 33.2 Å². The Morgan fingerprint density at radius 3 is 2.70 bits per heavy atom. The number of hydrogen-bond acceptors (Lipinski definition) is 4.